The molecule has 0 unspecified atom stereocenters. The topological polar surface area (TPSA) is 65.4 Å². The van der Waals surface area contributed by atoms with Crippen molar-refractivity contribution in [3.63, 3.8) is 0 Å². The summed E-state index contributed by atoms with van der Waals surface area (Å²) in [7, 11) is 3.15. The summed E-state index contributed by atoms with van der Waals surface area (Å²) in [5.41, 5.74) is 2.34. The molecule has 3 rings (SSSR count). The van der Waals surface area contributed by atoms with Gasteiger partial charge in [0.25, 0.3) is 5.91 Å². The van der Waals surface area contributed by atoms with Crippen LogP contribution < -0.4 is 10.1 Å². The van der Waals surface area contributed by atoms with Crippen molar-refractivity contribution in [1.29, 1.82) is 0 Å². The van der Waals surface area contributed by atoms with Gasteiger partial charge in [-0.05, 0) is 42.5 Å². The number of ether oxygens (including phenoxy) is 2. The molecule has 0 saturated heterocycles. The molecule has 2 aromatic carbocycles. The average molecular weight is 369 g/mol. The van der Waals surface area contributed by atoms with Crippen molar-refractivity contribution in [2.24, 2.45) is 0 Å². The van der Waals surface area contributed by atoms with Crippen molar-refractivity contribution in [3.05, 3.63) is 66.1 Å². The first kappa shape index (κ1) is 18.6. The van der Waals surface area contributed by atoms with Crippen LogP contribution in [0, 0.1) is 5.82 Å². The van der Waals surface area contributed by atoms with Crippen molar-refractivity contribution >= 4 is 5.91 Å². The van der Waals surface area contributed by atoms with Gasteiger partial charge in [0.2, 0.25) is 0 Å². The number of nitrogens with one attached hydrogen (secondary N) is 1. The third-order valence-corrected chi connectivity index (χ3v) is 3.97. The van der Waals surface area contributed by atoms with Crippen molar-refractivity contribution in [2.45, 2.75) is 0 Å². The normalized spacial score (nSPS) is 10.6. The maximum atomic E-state index is 13.3. The third kappa shape index (κ3) is 4.32. The number of benzene rings is 2. The van der Waals surface area contributed by atoms with Crippen LogP contribution in [0.4, 0.5) is 4.39 Å². The molecule has 1 heterocycles. The first-order valence-corrected chi connectivity index (χ1v) is 8.40. The van der Waals surface area contributed by atoms with E-state index in [9.17, 15) is 9.18 Å². The van der Waals surface area contributed by atoms with Gasteiger partial charge >= 0.3 is 0 Å². The first-order valence-electron chi connectivity index (χ1n) is 8.40. The molecule has 1 amide bonds. The molecule has 7 heteroatoms. The lowest BCUT2D eigenvalue weighted by Crippen LogP contribution is -2.28. The average Bonchev–Trinajstić information content (AvgIpc) is 3.14. The van der Waals surface area contributed by atoms with Crippen LogP contribution >= 0.6 is 0 Å². The monoisotopic (exact) mass is 369 g/mol. The Kier molecular flexibility index (Phi) is 5.83. The van der Waals surface area contributed by atoms with Gasteiger partial charge in [-0.2, -0.15) is 5.10 Å². The zero-order valence-corrected chi connectivity index (χ0v) is 15.1. The van der Waals surface area contributed by atoms with Crippen LogP contribution in [0.1, 0.15) is 10.5 Å². The molecule has 0 aliphatic heterocycles. The lowest BCUT2D eigenvalue weighted by atomic mass is 10.1. The standard InChI is InChI=1S/C20H20FN3O3/c1-26-11-10-22-20(25)19-13-18(14-4-3-5-17(12-14)27-2)23-24(19)16-8-6-15(21)7-9-16/h3-9,12-13H,10-11H2,1-2H3,(H,22,25). The molecular formula is C20H20FN3O3. The number of aromatic nitrogens is 2. The fourth-order valence-corrected chi connectivity index (χ4v) is 2.60. The van der Waals surface area contributed by atoms with E-state index in [1.807, 2.05) is 24.3 Å². The molecule has 1 aromatic heterocycles. The second-order valence-corrected chi connectivity index (χ2v) is 5.78. The maximum absolute atomic E-state index is 13.3. The van der Waals surface area contributed by atoms with E-state index >= 15 is 0 Å². The number of methoxy groups -OCH3 is 2. The molecule has 1 N–H and O–H groups in total. The Hall–Kier alpha value is -3.19. The van der Waals surface area contributed by atoms with E-state index in [0.717, 1.165) is 5.56 Å². The minimum atomic E-state index is -0.356. The smallest absolute Gasteiger partial charge is 0.270 e. The predicted octanol–water partition coefficient (Wildman–Crippen LogP) is 3.06. The van der Waals surface area contributed by atoms with Gasteiger partial charge in [-0.25, -0.2) is 9.07 Å². The summed E-state index contributed by atoms with van der Waals surface area (Å²) in [6.45, 7) is 0.775. The Labute approximate surface area is 156 Å². The summed E-state index contributed by atoms with van der Waals surface area (Å²) in [6.07, 6.45) is 0. The zero-order valence-electron chi connectivity index (χ0n) is 15.1. The van der Waals surface area contributed by atoms with Gasteiger partial charge in [0.1, 0.15) is 17.3 Å². The van der Waals surface area contributed by atoms with E-state index < -0.39 is 0 Å². The third-order valence-electron chi connectivity index (χ3n) is 3.97. The fraction of sp³-hybridized carbons (Fsp3) is 0.200. The molecule has 3 aromatic rings. The van der Waals surface area contributed by atoms with Gasteiger partial charge in [-0.3, -0.25) is 4.79 Å². The molecule has 0 radical (unpaired) electrons. The molecular weight excluding hydrogens is 349 g/mol. The van der Waals surface area contributed by atoms with Gasteiger partial charge in [-0.15, -0.1) is 0 Å². The highest BCUT2D eigenvalue weighted by Gasteiger charge is 2.17. The molecule has 0 bridgehead atoms. The molecule has 140 valence electrons. The molecule has 27 heavy (non-hydrogen) atoms. The Bertz CT molecular complexity index is 922. The molecule has 0 fully saturated rings. The summed E-state index contributed by atoms with van der Waals surface area (Å²) in [5.74, 6) is 0.0398. The van der Waals surface area contributed by atoms with E-state index in [-0.39, 0.29) is 11.7 Å². The number of halogens is 1. The molecule has 0 atom stereocenters. The number of rotatable bonds is 7. The molecule has 6 nitrogen and oxygen atoms in total. The van der Waals surface area contributed by atoms with Crippen LogP contribution in [0.5, 0.6) is 5.75 Å². The number of amides is 1. The second-order valence-electron chi connectivity index (χ2n) is 5.78. The lowest BCUT2D eigenvalue weighted by Gasteiger charge is -2.08. The highest BCUT2D eigenvalue weighted by molar-refractivity contribution is 5.94. The van der Waals surface area contributed by atoms with Crippen LogP contribution in [-0.2, 0) is 4.74 Å². The quantitative estimate of drug-likeness (QED) is 0.650. The Morgan fingerprint density at radius 3 is 2.63 bits per heavy atom. The van der Waals surface area contributed by atoms with Crippen molar-refractivity contribution in [1.82, 2.24) is 15.1 Å². The van der Waals surface area contributed by atoms with Crippen molar-refractivity contribution in [3.8, 4) is 22.7 Å². The van der Waals surface area contributed by atoms with E-state index in [4.69, 9.17) is 9.47 Å². The predicted molar refractivity (Wildman–Crippen MR) is 99.7 cm³/mol. The maximum Gasteiger partial charge on any atom is 0.270 e. The highest BCUT2D eigenvalue weighted by Crippen LogP contribution is 2.25. The second kappa shape index (κ2) is 8.46. The van der Waals surface area contributed by atoms with Crippen LogP contribution in [0.2, 0.25) is 0 Å². The lowest BCUT2D eigenvalue weighted by molar-refractivity contribution is 0.0929. The van der Waals surface area contributed by atoms with Crippen molar-refractivity contribution < 1.29 is 18.7 Å². The number of carbonyl (C=O) groups is 1. The van der Waals surface area contributed by atoms with Crippen LogP contribution in [0.3, 0.4) is 0 Å². The Morgan fingerprint density at radius 2 is 1.93 bits per heavy atom. The summed E-state index contributed by atoms with van der Waals surface area (Å²) in [6, 6.07) is 14.9. The van der Waals surface area contributed by atoms with E-state index in [1.54, 1.807) is 32.4 Å². The van der Waals surface area contributed by atoms with E-state index in [0.29, 0.717) is 36.0 Å². The van der Waals surface area contributed by atoms with Crippen LogP contribution in [0.25, 0.3) is 16.9 Å². The van der Waals surface area contributed by atoms with E-state index in [1.165, 1.54) is 16.8 Å². The summed E-state index contributed by atoms with van der Waals surface area (Å²) < 4.78 is 25.0. The molecule has 0 saturated carbocycles. The highest BCUT2D eigenvalue weighted by atomic mass is 19.1. The van der Waals surface area contributed by atoms with Gasteiger partial charge in [0.15, 0.2) is 0 Å². The Morgan fingerprint density at radius 1 is 1.15 bits per heavy atom. The number of hydrogen-bond donors (Lipinski definition) is 1. The van der Waals surface area contributed by atoms with Crippen molar-refractivity contribution in [2.75, 3.05) is 27.4 Å². The Balaban J connectivity index is 2.02. The van der Waals surface area contributed by atoms with Crippen LogP contribution in [-0.4, -0.2) is 43.1 Å². The number of carbonyl (C=O) groups excluding carboxylic acids is 1. The van der Waals surface area contributed by atoms with Gasteiger partial charge in [0.05, 0.1) is 25.1 Å². The van der Waals surface area contributed by atoms with Gasteiger partial charge in [-0.1, -0.05) is 12.1 Å². The SMILES string of the molecule is COCCNC(=O)c1cc(-c2cccc(OC)c2)nn1-c1ccc(F)cc1. The summed E-state index contributed by atoms with van der Waals surface area (Å²) in [4.78, 5) is 12.6. The summed E-state index contributed by atoms with van der Waals surface area (Å²) >= 11 is 0. The van der Waals surface area contributed by atoms with Crippen LogP contribution in [0.15, 0.2) is 54.6 Å². The number of hydrogen-bond acceptors (Lipinski definition) is 4. The van der Waals surface area contributed by atoms with Gasteiger partial charge in [0, 0.05) is 19.2 Å². The minimum absolute atomic E-state index is 0.293. The van der Waals surface area contributed by atoms with E-state index in [2.05, 4.69) is 10.4 Å². The fourth-order valence-electron chi connectivity index (χ4n) is 2.60. The molecule has 0 aliphatic carbocycles. The first-order chi connectivity index (χ1) is 13.1. The van der Waals surface area contributed by atoms with Gasteiger partial charge < -0.3 is 14.8 Å². The molecule has 0 aliphatic rings. The zero-order chi connectivity index (χ0) is 19.2. The molecule has 0 spiro atoms. The minimum Gasteiger partial charge on any atom is -0.497 e. The summed E-state index contributed by atoms with van der Waals surface area (Å²) in [5, 5.41) is 7.34. The largest absolute Gasteiger partial charge is 0.497 e. The number of nitrogens with zero attached hydrogens (tertiary/aromatic N) is 2.